The second kappa shape index (κ2) is 6.26. The number of methoxy groups -OCH3 is 1. The molecule has 19 heavy (non-hydrogen) atoms. The number of aryl methyl sites for hydroxylation is 1. The Kier molecular flexibility index (Phi) is 4.43. The predicted molar refractivity (Wildman–Crippen MR) is 78.7 cm³/mol. The summed E-state index contributed by atoms with van der Waals surface area (Å²) in [5, 5.41) is 12.2. The van der Waals surface area contributed by atoms with Gasteiger partial charge in [-0.05, 0) is 30.7 Å². The Hall–Kier alpha value is -1.99. The van der Waals surface area contributed by atoms with E-state index in [1.54, 1.807) is 19.2 Å². The largest absolute Gasteiger partial charge is 0.495 e. The van der Waals surface area contributed by atoms with Crippen LogP contribution >= 0.6 is 11.3 Å². The highest BCUT2D eigenvalue weighted by Crippen LogP contribution is 2.26. The highest BCUT2D eigenvalue weighted by atomic mass is 32.1. The van der Waals surface area contributed by atoms with Crippen molar-refractivity contribution in [3.8, 4) is 11.8 Å². The van der Waals surface area contributed by atoms with Gasteiger partial charge < -0.3 is 10.1 Å². The third kappa shape index (κ3) is 3.27. The van der Waals surface area contributed by atoms with Gasteiger partial charge >= 0.3 is 0 Å². The minimum absolute atomic E-state index is 0.604. The minimum Gasteiger partial charge on any atom is -0.495 e. The van der Waals surface area contributed by atoms with Gasteiger partial charge in [0.05, 0.1) is 24.4 Å². The van der Waals surface area contributed by atoms with Gasteiger partial charge in [-0.25, -0.2) is 0 Å². The van der Waals surface area contributed by atoms with Gasteiger partial charge in [0.25, 0.3) is 0 Å². The molecule has 2 rings (SSSR count). The molecule has 1 aromatic carbocycles. The molecular formula is C15H16N2OS. The van der Waals surface area contributed by atoms with E-state index < -0.39 is 0 Å². The second-order valence-electron chi connectivity index (χ2n) is 4.10. The maximum Gasteiger partial charge on any atom is 0.143 e. The third-order valence-electron chi connectivity index (χ3n) is 2.85. The fraction of sp³-hybridized carbons (Fsp3) is 0.267. The van der Waals surface area contributed by atoms with Crippen LogP contribution in [0.5, 0.6) is 5.75 Å². The number of hydrogen-bond acceptors (Lipinski definition) is 4. The number of rotatable bonds is 5. The van der Waals surface area contributed by atoms with Crippen molar-refractivity contribution in [2.45, 2.75) is 19.9 Å². The summed E-state index contributed by atoms with van der Waals surface area (Å²) in [5.74, 6) is 0.700. The van der Waals surface area contributed by atoms with E-state index in [2.05, 4.69) is 30.4 Å². The van der Waals surface area contributed by atoms with Gasteiger partial charge in [0.15, 0.2) is 0 Å². The summed E-state index contributed by atoms with van der Waals surface area (Å²) in [6.45, 7) is 2.93. The van der Waals surface area contributed by atoms with E-state index in [1.807, 2.05) is 17.4 Å². The number of nitriles is 1. The van der Waals surface area contributed by atoms with E-state index in [4.69, 9.17) is 10.00 Å². The monoisotopic (exact) mass is 272 g/mol. The first-order chi connectivity index (χ1) is 9.26. The van der Waals surface area contributed by atoms with Crippen LogP contribution in [-0.2, 0) is 13.0 Å². The molecule has 0 saturated carbocycles. The van der Waals surface area contributed by atoms with Gasteiger partial charge in [-0.3, -0.25) is 0 Å². The van der Waals surface area contributed by atoms with Crippen molar-refractivity contribution in [2.75, 3.05) is 12.4 Å². The van der Waals surface area contributed by atoms with Crippen LogP contribution < -0.4 is 10.1 Å². The minimum atomic E-state index is 0.604. The van der Waals surface area contributed by atoms with E-state index in [0.717, 1.165) is 18.7 Å². The highest BCUT2D eigenvalue weighted by molar-refractivity contribution is 7.12. The Bertz CT molecular complexity index is 598. The quantitative estimate of drug-likeness (QED) is 0.900. The highest BCUT2D eigenvalue weighted by Gasteiger charge is 2.05. The summed E-state index contributed by atoms with van der Waals surface area (Å²) in [6.07, 6.45) is 1.07. The van der Waals surface area contributed by atoms with Crippen molar-refractivity contribution in [2.24, 2.45) is 0 Å². The van der Waals surface area contributed by atoms with Crippen molar-refractivity contribution < 1.29 is 4.74 Å². The smallest absolute Gasteiger partial charge is 0.143 e. The molecule has 1 N–H and O–H groups in total. The van der Waals surface area contributed by atoms with Gasteiger partial charge in [-0.2, -0.15) is 5.26 Å². The van der Waals surface area contributed by atoms with E-state index in [9.17, 15) is 0 Å². The molecule has 0 aliphatic rings. The maximum atomic E-state index is 8.86. The molecule has 0 amide bonds. The number of nitrogens with one attached hydrogen (secondary N) is 1. The predicted octanol–water partition coefficient (Wildman–Crippen LogP) is 3.80. The fourth-order valence-corrected chi connectivity index (χ4v) is 2.69. The van der Waals surface area contributed by atoms with E-state index in [-0.39, 0.29) is 0 Å². The second-order valence-corrected chi connectivity index (χ2v) is 5.35. The zero-order valence-electron chi connectivity index (χ0n) is 11.1. The summed E-state index contributed by atoms with van der Waals surface area (Å²) in [5.41, 5.74) is 1.51. The molecule has 3 nitrogen and oxygen atoms in total. The summed E-state index contributed by atoms with van der Waals surface area (Å²) in [4.78, 5) is 2.69. The van der Waals surface area contributed by atoms with Crippen molar-refractivity contribution in [1.29, 1.82) is 5.26 Å². The van der Waals surface area contributed by atoms with E-state index in [1.165, 1.54) is 9.75 Å². The number of thiophene rings is 1. The average Bonchev–Trinajstić information content (AvgIpc) is 2.92. The molecule has 0 fully saturated rings. The number of ether oxygens (including phenoxy) is 1. The Morgan fingerprint density at radius 1 is 1.26 bits per heavy atom. The molecule has 2 aromatic rings. The normalized spacial score (nSPS) is 9.95. The number of anilines is 1. The van der Waals surface area contributed by atoms with Gasteiger partial charge in [-0.15, -0.1) is 11.3 Å². The molecule has 0 saturated heterocycles. The molecule has 0 spiro atoms. The molecule has 0 bridgehead atoms. The lowest BCUT2D eigenvalue weighted by atomic mass is 10.2. The van der Waals surface area contributed by atoms with Crippen LogP contribution in [0.15, 0.2) is 30.3 Å². The van der Waals surface area contributed by atoms with E-state index >= 15 is 0 Å². The lowest BCUT2D eigenvalue weighted by Crippen LogP contribution is -2.00. The van der Waals surface area contributed by atoms with Crippen LogP contribution in [0.1, 0.15) is 22.2 Å². The third-order valence-corrected chi connectivity index (χ3v) is 4.08. The van der Waals surface area contributed by atoms with Crippen LogP contribution in [0.3, 0.4) is 0 Å². The Balaban J connectivity index is 2.08. The van der Waals surface area contributed by atoms with Crippen LogP contribution in [0.2, 0.25) is 0 Å². The molecule has 4 heteroatoms. The van der Waals surface area contributed by atoms with Gasteiger partial charge in [-0.1, -0.05) is 6.92 Å². The molecule has 0 aliphatic heterocycles. The lowest BCUT2D eigenvalue weighted by molar-refractivity contribution is 0.416. The van der Waals surface area contributed by atoms with Crippen LogP contribution in [0.25, 0.3) is 0 Å². The molecule has 0 radical (unpaired) electrons. The van der Waals surface area contributed by atoms with E-state index in [0.29, 0.717) is 11.3 Å². The number of hydrogen-bond donors (Lipinski definition) is 1. The molecule has 0 aliphatic carbocycles. The van der Waals surface area contributed by atoms with Gasteiger partial charge in [0.1, 0.15) is 5.75 Å². The van der Waals surface area contributed by atoms with Crippen molar-refractivity contribution in [3.05, 3.63) is 45.6 Å². The Labute approximate surface area is 117 Å². The molecule has 98 valence electrons. The SMILES string of the molecule is CCc1ccc(CNc2ccc(C#N)cc2OC)s1. The molecule has 0 atom stereocenters. The van der Waals surface area contributed by atoms with Crippen molar-refractivity contribution in [3.63, 3.8) is 0 Å². The summed E-state index contributed by atoms with van der Waals surface area (Å²) in [6, 6.07) is 11.8. The van der Waals surface area contributed by atoms with Crippen LogP contribution in [0, 0.1) is 11.3 Å². The molecular weight excluding hydrogens is 256 g/mol. The van der Waals surface area contributed by atoms with Crippen LogP contribution in [-0.4, -0.2) is 7.11 Å². The first-order valence-corrected chi connectivity index (χ1v) is 6.98. The first kappa shape index (κ1) is 13.4. The summed E-state index contributed by atoms with van der Waals surface area (Å²) in [7, 11) is 1.61. The topological polar surface area (TPSA) is 45.0 Å². The lowest BCUT2D eigenvalue weighted by Gasteiger charge is -2.10. The standard InChI is InChI=1S/C15H16N2OS/c1-3-12-5-6-13(19-12)10-17-14-7-4-11(9-16)8-15(14)18-2/h4-8,17H,3,10H2,1-2H3. The fourth-order valence-electron chi connectivity index (χ4n) is 1.80. The van der Waals surface area contributed by atoms with Crippen molar-refractivity contribution in [1.82, 2.24) is 0 Å². The van der Waals surface area contributed by atoms with Crippen LogP contribution in [0.4, 0.5) is 5.69 Å². The zero-order valence-corrected chi connectivity index (χ0v) is 11.9. The molecule has 1 aromatic heterocycles. The Morgan fingerprint density at radius 2 is 2.05 bits per heavy atom. The summed E-state index contributed by atoms with van der Waals surface area (Å²) >= 11 is 1.82. The maximum absolute atomic E-state index is 8.86. The first-order valence-electron chi connectivity index (χ1n) is 6.16. The summed E-state index contributed by atoms with van der Waals surface area (Å²) < 4.78 is 5.29. The Morgan fingerprint density at radius 3 is 2.68 bits per heavy atom. The molecule has 0 unspecified atom stereocenters. The van der Waals surface area contributed by atoms with Crippen molar-refractivity contribution >= 4 is 17.0 Å². The number of benzene rings is 1. The molecule has 1 heterocycles. The van der Waals surface area contributed by atoms with Gasteiger partial charge in [0.2, 0.25) is 0 Å². The average molecular weight is 272 g/mol. The number of nitrogens with zero attached hydrogens (tertiary/aromatic N) is 1. The van der Waals surface area contributed by atoms with Gasteiger partial charge in [0, 0.05) is 22.4 Å². The zero-order chi connectivity index (χ0) is 13.7.